The van der Waals surface area contributed by atoms with Crippen LogP contribution in [-0.4, -0.2) is 12.0 Å². The average molecular weight is 340 g/mol. The van der Waals surface area contributed by atoms with Crippen LogP contribution in [0.1, 0.15) is 50.7 Å². The number of anilines is 2. The van der Waals surface area contributed by atoms with Crippen molar-refractivity contribution < 1.29 is 9.53 Å². The highest BCUT2D eigenvalue weighted by atomic mass is 16.5. The van der Waals surface area contributed by atoms with Crippen molar-refractivity contribution in [2.75, 3.05) is 11.1 Å². The molecule has 0 aliphatic heterocycles. The Labute approximate surface area is 150 Å². The molecule has 4 nitrogen and oxygen atoms in total. The molecule has 0 aliphatic rings. The molecule has 0 aromatic heterocycles. The van der Waals surface area contributed by atoms with Crippen LogP contribution in [0.15, 0.2) is 42.5 Å². The van der Waals surface area contributed by atoms with E-state index in [1.807, 2.05) is 44.2 Å². The molecule has 0 bridgehead atoms. The van der Waals surface area contributed by atoms with E-state index in [-0.39, 0.29) is 5.91 Å². The van der Waals surface area contributed by atoms with Crippen LogP contribution < -0.4 is 15.8 Å². The standard InChI is InChI=1S/C21H28N2O2/c1-5-14(3)17-9-7-8-10-20(17)25-19(6-2)21(24)23-18-12-11-16(22)13-15(18)4/h7-14,19H,5-6,22H2,1-4H3,(H,23,24)/t14-,19-/m1/s1. The highest BCUT2D eigenvalue weighted by Gasteiger charge is 2.21. The van der Waals surface area contributed by atoms with Gasteiger partial charge in [-0.25, -0.2) is 0 Å². The topological polar surface area (TPSA) is 64.3 Å². The quantitative estimate of drug-likeness (QED) is 0.706. The molecular formula is C21H28N2O2. The summed E-state index contributed by atoms with van der Waals surface area (Å²) < 4.78 is 6.08. The van der Waals surface area contributed by atoms with Crippen LogP contribution in [0.25, 0.3) is 0 Å². The van der Waals surface area contributed by atoms with Crippen LogP contribution in [0.3, 0.4) is 0 Å². The van der Waals surface area contributed by atoms with Gasteiger partial charge in [-0.3, -0.25) is 4.79 Å². The summed E-state index contributed by atoms with van der Waals surface area (Å²) in [5.74, 6) is 1.03. The fourth-order valence-corrected chi connectivity index (χ4v) is 2.73. The van der Waals surface area contributed by atoms with Crippen molar-refractivity contribution in [1.82, 2.24) is 0 Å². The summed E-state index contributed by atoms with van der Waals surface area (Å²) in [6.45, 7) is 8.19. The van der Waals surface area contributed by atoms with Gasteiger partial charge in [-0.2, -0.15) is 0 Å². The SMILES string of the molecule is CC[C@@H](C)c1ccccc1O[C@H](CC)C(=O)Nc1ccc(N)cc1C. The summed E-state index contributed by atoms with van der Waals surface area (Å²) in [5, 5.41) is 2.95. The highest BCUT2D eigenvalue weighted by Crippen LogP contribution is 2.29. The number of benzene rings is 2. The van der Waals surface area contributed by atoms with Crippen LogP contribution in [-0.2, 0) is 4.79 Å². The maximum absolute atomic E-state index is 12.7. The maximum atomic E-state index is 12.7. The van der Waals surface area contributed by atoms with Gasteiger partial charge in [0.05, 0.1) is 0 Å². The van der Waals surface area contributed by atoms with Gasteiger partial charge in [0.2, 0.25) is 0 Å². The summed E-state index contributed by atoms with van der Waals surface area (Å²) in [4.78, 5) is 12.7. The molecule has 0 radical (unpaired) electrons. The zero-order chi connectivity index (χ0) is 18.4. The van der Waals surface area contributed by atoms with E-state index in [4.69, 9.17) is 10.5 Å². The number of hydrogen-bond donors (Lipinski definition) is 2. The van der Waals surface area contributed by atoms with E-state index in [0.29, 0.717) is 18.0 Å². The van der Waals surface area contributed by atoms with Crippen molar-refractivity contribution in [3.8, 4) is 5.75 Å². The van der Waals surface area contributed by atoms with Crippen molar-refractivity contribution in [3.05, 3.63) is 53.6 Å². The van der Waals surface area contributed by atoms with E-state index in [9.17, 15) is 4.79 Å². The number of aryl methyl sites for hydroxylation is 1. The van der Waals surface area contributed by atoms with Crippen molar-refractivity contribution in [1.29, 1.82) is 0 Å². The lowest BCUT2D eigenvalue weighted by Gasteiger charge is -2.21. The Morgan fingerprint density at radius 2 is 1.88 bits per heavy atom. The van der Waals surface area contributed by atoms with Gasteiger partial charge < -0.3 is 15.8 Å². The smallest absolute Gasteiger partial charge is 0.265 e. The van der Waals surface area contributed by atoms with Gasteiger partial charge in [0.25, 0.3) is 5.91 Å². The van der Waals surface area contributed by atoms with E-state index < -0.39 is 6.10 Å². The molecule has 0 saturated carbocycles. The molecule has 0 heterocycles. The average Bonchev–Trinajstić information content (AvgIpc) is 2.61. The second kappa shape index (κ2) is 8.56. The molecule has 3 N–H and O–H groups in total. The third-order valence-electron chi connectivity index (χ3n) is 4.50. The van der Waals surface area contributed by atoms with Crippen molar-refractivity contribution in [3.63, 3.8) is 0 Å². The third-order valence-corrected chi connectivity index (χ3v) is 4.50. The molecular weight excluding hydrogens is 312 g/mol. The van der Waals surface area contributed by atoms with Crippen LogP contribution in [0.4, 0.5) is 11.4 Å². The minimum Gasteiger partial charge on any atom is -0.480 e. The first-order chi connectivity index (χ1) is 12.0. The second-order valence-electron chi connectivity index (χ2n) is 6.43. The summed E-state index contributed by atoms with van der Waals surface area (Å²) in [7, 11) is 0. The first-order valence-electron chi connectivity index (χ1n) is 8.88. The summed E-state index contributed by atoms with van der Waals surface area (Å²) in [6, 6.07) is 13.4. The molecule has 2 atom stereocenters. The summed E-state index contributed by atoms with van der Waals surface area (Å²) >= 11 is 0. The number of nitrogen functional groups attached to an aromatic ring is 1. The first-order valence-corrected chi connectivity index (χ1v) is 8.88. The number of amides is 1. The van der Waals surface area contributed by atoms with Crippen molar-refractivity contribution in [2.45, 2.75) is 52.6 Å². The molecule has 0 saturated heterocycles. The fourth-order valence-electron chi connectivity index (χ4n) is 2.73. The predicted octanol–water partition coefficient (Wildman–Crippen LogP) is 4.89. The fraction of sp³-hybridized carbons (Fsp3) is 0.381. The number of hydrogen-bond acceptors (Lipinski definition) is 3. The third kappa shape index (κ3) is 4.75. The van der Waals surface area contributed by atoms with Gasteiger partial charge in [0.1, 0.15) is 5.75 Å². The number of nitrogens with two attached hydrogens (primary N) is 1. The van der Waals surface area contributed by atoms with Gasteiger partial charge in [-0.1, -0.05) is 39.0 Å². The van der Waals surface area contributed by atoms with E-state index >= 15 is 0 Å². The van der Waals surface area contributed by atoms with E-state index in [0.717, 1.165) is 29.0 Å². The summed E-state index contributed by atoms with van der Waals surface area (Å²) in [5.41, 5.74) is 9.28. The summed E-state index contributed by atoms with van der Waals surface area (Å²) in [6.07, 6.45) is 1.07. The van der Waals surface area contributed by atoms with Gasteiger partial charge >= 0.3 is 0 Å². The number of rotatable bonds is 7. The molecule has 0 unspecified atom stereocenters. The Morgan fingerprint density at radius 1 is 1.16 bits per heavy atom. The molecule has 2 aromatic rings. The number of carbonyl (C=O) groups is 1. The molecule has 1 amide bonds. The Bertz CT molecular complexity index is 728. The Kier molecular flexibility index (Phi) is 6.45. The van der Waals surface area contributed by atoms with Gasteiger partial charge in [0, 0.05) is 11.4 Å². The maximum Gasteiger partial charge on any atom is 0.265 e. The zero-order valence-electron chi connectivity index (χ0n) is 15.5. The van der Waals surface area contributed by atoms with Crippen LogP contribution in [0, 0.1) is 6.92 Å². The molecule has 0 fully saturated rings. The molecule has 2 aromatic carbocycles. The zero-order valence-corrected chi connectivity index (χ0v) is 15.5. The van der Waals surface area contributed by atoms with E-state index in [1.54, 1.807) is 6.07 Å². The molecule has 25 heavy (non-hydrogen) atoms. The Morgan fingerprint density at radius 3 is 2.52 bits per heavy atom. The van der Waals surface area contributed by atoms with Crippen LogP contribution in [0.2, 0.25) is 0 Å². The van der Waals surface area contributed by atoms with Crippen molar-refractivity contribution >= 4 is 17.3 Å². The largest absolute Gasteiger partial charge is 0.480 e. The molecule has 0 aliphatic carbocycles. The predicted molar refractivity (Wildman–Crippen MR) is 104 cm³/mol. The Hall–Kier alpha value is -2.49. The van der Waals surface area contributed by atoms with Crippen LogP contribution in [0.5, 0.6) is 5.75 Å². The molecule has 2 rings (SSSR count). The molecule has 0 spiro atoms. The lowest BCUT2D eigenvalue weighted by Crippen LogP contribution is -2.33. The van der Waals surface area contributed by atoms with Gasteiger partial charge in [-0.15, -0.1) is 0 Å². The second-order valence-corrected chi connectivity index (χ2v) is 6.43. The first kappa shape index (κ1) is 18.8. The van der Waals surface area contributed by atoms with Crippen LogP contribution >= 0.6 is 0 Å². The number of ether oxygens (including phenoxy) is 1. The van der Waals surface area contributed by atoms with Gasteiger partial charge in [0.15, 0.2) is 6.10 Å². The lowest BCUT2D eigenvalue weighted by atomic mass is 9.98. The number of para-hydroxylation sites is 1. The Balaban J connectivity index is 2.16. The lowest BCUT2D eigenvalue weighted by molar-refractivity contribution is -0.122. The van der Waals surface area contributed by atoms with Gasteiger partial charge in [-0.05, 0) is 61.1 Å². The molecule has 134 valence electrons. The minimum absolute atomic E-state index is 0.144. The van der Waals surface area contributed by atoms with Crippen molar-refractivity contribution in [2.24, 2.45) is 0 Å². The highest BCUT2D eigenvalue weighted by molar-refractivity contribution is 5.95. The molecule has 4 heteroatoms. The normalized spacial score (nSPS) is 13.1. The number of nitrogens with one attached hydrogen (secondary N) is 1. The van der Waals surface area contributed by atoms with E-state index in [1.165, 1.54) is 0 Å². The monoisotopic (exact) mass is 340 g/mol. The van der Waals surface area contributed by atoms with E-state index in [2.05, 4.69) is 25.2 Å². The minimum atomic E-state index is -0.540. The number of carbonyl (C=O) groups excluding carboxylic acids is 1.